The van der Waals surface area contributed by atoms with E-state index in [4.69, 9.17) is 0 Å². The third-order valence-electron chi connectivity index (χ3n) is 6.75. The van der Waals surface area contributed by atoms with Crippen LogP contribution in [0, 0.1) is 27.7 Å². The van der Waals surface area contributed by atoms with Gasteiger partial charge in [0.05, 0.1) is 5.56 Å². The summed E-state index contributed by atoms with van der Waals surface area (Å²) >= 11 is 0. The number of ketones is 1. The summed E-state index contributed by atoms with van der Waals surface area (Å²) in [4.78, 5) is 27.4. The normalized spacial score (nSPS) is 16.3. The predicted molar refractivity (Wildman–Crippen MR) is 128 cm³/mol. The molecule has 0 spiro atoms. The van der Waals surface area contributed by atoms with Gasteiger partial charge in [-0.05, 0) is 73.8 Å². The highest BCUT2D eigenvalue weighted by Crippen LogP contribution is 2.54. The van der Waals surface area contributed by atoms with Crippen molar-refractivity contribution in [3.8, 4) is 0 Å². The lowest BCUT2D eigenvalue weighted by Gasteiger charge is -2.24. The molecule has 0 aromatic heterocycles. The van der Waals surface area contributed by atoms with Crippen LogP contribution in [0.3, 0.4) is 0 Å². The highest BCUT2D eigenvalue weighted by atomic mass is 31.1. The number of rotatable bonds is 5. The van der Waals surface area contributed by atoms with Gasteiger partial charge in [0.1, 0.15) is 0 Å². The van der Waals surface area contributed by atoms with Crippen LogP contribution in [0.1, 0.15) is 95.0 Å². The fraction of sp³-hybridized carbons (Fsp3) is 0.481. The number of hydrogen-bond acceptors (Lipinski definition) is 3. The van der Waals surface area contributed by atoms with Crippen LogP contribution in [0.2, 0.25) is 0 Å². The first-order valence-electron chi connectivity index (χ1n) is 11.1. The zero-order valence-corrected chi connectivity index (χ0v) is 20.8. The minimum Gasteiger partial charge on any atom is -0.289 e. The molecule has 0 amide bonds. The molecule has 1 fully saturated rings. The molecule has 2 aromatic rings. The second-order valence-corrected chi connectivity index (χ2v) is 12.0. The van der Waals surface area contributed by atoms with Crippen LogP contribution in [0.15, 0.2) is 30.3 Å². The summed E-state index contributed by atoms with van der Waals surface area (Å²) < 4.78 is 13.8. The lowest BCUT2D eigenvalue weighted by atomic mass is 9.81. The van der Waals surface area contributed by atoms with Gasteiger partial charge in [-0.25, -0.2) is 4.79 Å². The molecule has 1 aliphatic rings. The fourth-order valence-electron chi connectivity index (χ4n) is 4.92. The summed E-state index contributed by atoms with van der Waals surface area (Å²) in [6, 6.07) is 9.78. The monoisotopic (exact) mass is 437 g/mol. The largest absolute Gasteiger partial charge is 0.434 e. The third kappa shape index (κ3) is 4.17. The average Bonchev–Trinajstić information content (AvgIpc) is 3.16. The second-order valence-electron chi connectivity index (χ2n) is 10.2. The van der Waals surface area contributed by atoms with Crippen molar-refractivity contribution in [1.82, 2.24) is 0 Å². The number of carbonyl (C=O) groups excluding carboxylic acids is 2. The Labute approximate surface area is 187 Å². The van der Waals surface area contributed by atoms with Crippen LogP contribution >= 0.6 is 7.80 Å². The van der Waals surface area contributed by atoms with Crippen LogP contribution in [0.4, 0.5) is 0 Å². The lowest BCUT2D eigenvalue weighted by molar-refractivity contribution is 0.0929. The lowest BCUT2D eigenvalue weighted by Crippen LogP contribution is -2.35. The first kappa shape index (κ1) is 23.5. The number of benzene rings is 2. The molecule has 4 heteroatoms. The van der Waals surface area contributed by atoms with E-state index in [1.54, 1.807) is 0 Å². The molecule has 31 heavy (non-hydrogen) atoms. The van der Waals surface area contributed by atoms with E-state index in [9.17, 15) is 14.2 Å². The van der Waals surface area contributed by atoms with Gasteiger partial charge in [-0.2, -0.15) is 0 Å². The SMILES string of the molecule is Cc1cccc(C)c1C(=O)[P+](=O)C1(C(=O)c2c(C)cc(C(C)(C)C)cc2C)CCCC1. The molecule has 164 valence electrons. The quantitative estimate of drug-likeness (QED) is 0.362. The summed E-state index contributed by atoms with van der Waals surface area (Å²) in [5.74, 6) is -0.110. The minimum absolute atomic E-state index is 0.0222. The maximum absolute atomic E-state index is 14.0. The Hall–Kier alpha value is -2.12. The van der Waals surface area contributed by atoms with Gasteiger partial charge in [-0.1, -0.05) is 55.7 Å². The third-order valence-corrected chi connectivity index (χ3v) is 8.77. The van der Waals surface area contributed by atoms with Gasteiger partial charge >= 0.3 is 13.3 Å². The van der Waals surface area contributed by atoms with Crippen LogP contribution in [0.5, 0.6) is 0 Å². The molecule has 0 saturated heterocycles. The first-order valence-corrected chi connectivity index (χ1v) is 12.4. The number of Topliss-reactive ketones (excluding diaryl/α,β-unsaturated/α-hetero) is 1. The number of carbonyl (C=O) groups is 2. The van der Waals surface area contributed by atoms with Gasteiger partial charge in [0.2, 0.25) is 10.9 Å². The molecule has 3 rings (SSSR count). The molecule has 1 atom stereocenters. The van der Waals surface area contributed by atoms with Crippen molar-refractivity contribution < 1.29 is 14.2 Å². The van der Waals surface area contributed by atoms with Gasteiger partial charge in [0.15, 0.2) is 0 Å². The van der Waals surface area contributed by atoms with Gasteiger partial charge in [-0.3, -0.25) is 4.79 Å². The van der Waals surface area contributed by atoms with E-state index in [0.29, 0.717) is 24.0 Å². The van der Waals surface area contributed by atoms with Crippen LogP contribution in [0.25, 0.3) is 0 Å². The molecule has 1 saturated carbocycles. The van der Waals surface area contributed by atoms with Crippen molar-refractivity contribution in [3.63, 3.8) is 0 Å². The Balaban J connectivity index is 2.09. The summed E-state index contributed by atoms with van der Waals surface area (Å²) in [5.41, 5.74) is 5.38. The highest BCUT2D eigenvalue weighted by Gasteiger charge is 2.61. The summed E-state index contributed by atoms with van der Waals surface area (Å²) in [7, 11) is -2.39. The molecular formula is C27H34O3P+. The van der Waals surface area contributed by atoms with E-state index in [1.807, 2.05) is 45.9 Å². The van der Waals surface area contributed by atoms with Crippen molar-refractivity contribution in [2.24, 2.45) is 0 Å². The zero-order chi connectivity index (χ0) is 23.1. The van der Waals surface area contributed by atoms with Crippen molar-refractivity contribution in [1.29, 1.82) is 0 Å². The molecule has 0 aliphatic heterocycles. The molecule has 1 unspecified atom stereocenters. The van der Waals surface area contributed by atoms with Crippen molar-refractivity contribution in [3.05, 3.63) is 69.3 Å². The topological polar surface area (TPSA) is 51.2 Å². The molecule has 0 heterocycles. The van der Waals surface area contributed by atoms with Crippen molar-refractivity contribution >= 4 is 19.1 Å². The van der Waals surface area contributed by atoms with Crippen LogP contribution < -0.4 is 0 Å². The summed E-state index contributed by atoms with van der Waals surface area (Å²) in [6.45, 7) is 14.1. The molecule has 0 N–H and O–H groups in total. The van der Waals surface area contributed by atoms with E-state index in [-0.39, 0.29) is 16.7 Å². The minimum atomic E-state index is -2.39. The van der Waals surface area contributed by atoms with E-state index in [2.05, 4.69) is 32.9 Å². The Morgan fingerprint density at radius 1 is 0.839 bits per heavy atom. The van der Waals surface area contributed by atoms with Crippen LogP contribution in [-0.4, -0.2) is 16.5 Å². The molecule has 2 aromatic carbocycles. The smallest absolute Gasteiger partial charge is 0.289 e. The fourth-order valence-corrected chi connectivity index (χ4v) is 6.88. The van der Waals surface area contributed by atoms with Crippen molar-refractivity contribution in [2.45, 2.75) is 84.7 Å². The van der Waals surface area contributed by atoms with Gasteiger partial charge < -0.3 is 0 Å². The summed E-state index contributed by atoms with van der Waals surface area (Å²) in [5, 5.41) is -1.10. The van der Waals surface area contributed by atoms with Crippen LogP contribution in [-0.2, 0) is 9.98 Å². The maximum atomic E-state index is 14.0. The van der Waals surface area contributed by atoms with E-state index in [0.717, 1.165) is 35.1 Å². The predicted octanol–water partition coefficient (Wildman–Crippen LogP) is 7.38. The summed E-state index contributed by atoms with van der Waals surface area (Å²) in [6.07, 6.45) is 2.67. The molecule has 3 nitrogen and oxygen atoms in total. The maximum Gasteiger partial charge on any atom is 0.434 e. The standard InChI is InChI=1S/C27H34O3P/c1-17-11-10-12-18(2)23(17)25(29)31(30)27(13-8-9-14-27)24(28)22-19(3)15-21(16-20(22)4)26(5,6)7/h10-12,15-16H,8-9,13-14H2,1-7H3/q+1. The van der Waals surface area contributed by atoms with Crippen molar-refractivity contribution in [2.75, 3.05) is 0 Å². The van der Waals surface area contributed by atoms with Gasteiger partial charge in [0.25, 0.3) is 0 Å². The number of aryl methyl sites for hydroxylation is 4. The Kier molecular flexibility index (Phi) is 6.40. The molecular weight excluding hydrogens is 403 g/mol. The van der Waals surface area contributed by atoms with E-state index >= 15 is 0 Å². The Bertz CT molecular complexity index is 1020. The highest BCUT2D eigenvalue weighted by molar-refractivity contribution is 7.67. The Morgan fingerprint density at radius 2 is 1.32 bits per heavy atom. The number of hydrogen-bond donors (Lipinski definition) is 0. The molecule has 0 bridgehead atoms. The molecule has 1 aliphatic carbocycles. The first-order chi connectivity index (χ1) is 14.4. The average molecular weight is 438 g/mol. The van der Waals surface area contributed by atoms with Gasteiger partial charge in [0, 0.05) is 18.4 Å². The van der Waals surface area contributed by atoms with E-state index < -0.39 is 13.0 Å². The zero-order valence-electron chi connectivity index (χ0n) is 19.9. The van der Waals surface area contributed by atoms with Gasteiger partial charge in [-0.15, -0.1) is 0 Å². The second kappa shape index (κ2) is 8.43. The molecule has 0 radical (unpaired) electrons. The Morgan fingerprint density at radius 3 is 1.77 bits per heavy atom. The van der Waals surface area contributed by atoms with E-state index in [1.165, 1.54) is 5.56 Å².